The van der Waals surface area contributed by atoms with Crippen molar-refractivity contribution in [1.82, 2.24) is 4.90 Å². The van der Waals surface area contributed by atoms with E-state index < -0.39 is 35.0 Å². The summed E-state index contributed by atoms with van der Waals surface area (Å²) < 4.78 is 45.6. The number of halogens is 3. The Hall–Kier alpha value is -3.03. The zero-order valence-electron chi connectivity index (χ0n) is 16.5. The van der Waals surface area contributed by atoms with Crippen LogP contribution in [0.2, 0.25) is 0 Å². The molecule has 2 amide bonds. The average Bonchev–Trinajstić information content (AvgIpc) is 2.67. The van der Waals surface area contributed by atoms with Crippen LogP contribution in [0.1, 0.15) is 24.5 Å². The van der Waals surface area contributed by atoms with Crippen LogP contribution < -0.4 is 10.1 Å². The lowest BCUT2D eigenvalue weighted by Crippen LogP contribution is -2.41. The molecular formula is C21H23F3N2O3. The lowest BCUT2D eigenvalue weighted by molar-refractivity contribution is -0.136. The largest absolute Gasteiger partial charge is 0.483 e. The number of carbonyl (C=O) groups excluding carboxylic acids is 2. The fourth-order valence-corrected chi connectivity index (χ4v) is 2.80. The number of anilines is 1. The average molecular weight is 408 g/mol. The van der Waals surface area contributed by atoms with Crippen molar-refractivity contribution >= 4 is 17.5 Å². The Kier molecular flexibility index (Phi) is 7.64. The maximum atomic E-state index is 13.7. The fourth-order valence-electron chi connectivity index (χ4n) is 2.80. The van der Waals surface area contributed by atoms with Crippen LogP contribution in [-0.2, 0) is 9.59 Å². The van der Waals surface area contributed by atoms with Crippen LogP contribution in [0.4, 0.5) is 18.9 Å². The SMILES string of the molecule is CCCN(CC(=O)Nc1ccc(F)c(F)c1F)C(=O)COc1c(C)cccc1C. The summed E-state index contributed by atoms with van der Waals surface area (Å²) in [6, 6.07) is 7.23. The van der Waals surface area contributed by atoms with Gasteiger partial charge in [0.1, 0.15) is 5.75 Å². The molecule has 0 bridgehead atoms. The standard InChI is InChI=1S/C21H23F3N2O3/c1-4-10-26(18(28)12-29-21-13(2)6-5-7-14(21)3)11-17(27)25-16-9-8-15(22)19(23)20(16)24/h5-9H,4,10-12H2,1-3H3,(H,25,27). The molecule has 156 valence electrons. The predicted molar refractivity (Wildman–Crippen MR) is 103 cm³/mol. The maximum Gasteiger partial charge on any atom is 0.260 e. The molecule has 2 aromatic rings. The van der Waals surface area contributed by atoms with Gasteiger partial charge in [0, 0.05) is 6.54 Å². The number of para-hydroxylation sites is 1. The predicted octanol–water partition coefficient (Wildman–Crippen LogP) is 3.98. The van der Waals surface area contributed by atoms with E-state index in [1.165, 1.54) is 4.90 Å². The van der Waals surface area contributed by atoms with Gasteiger partial charge >= 0.3 is 0 Å². The molecule has 0 radical (unpaired) electrons. The molecule has 0 aromatic heterocycles. The molecule has 2 aromatic carbocycles. The van der Waals surface area contributed by atoms with Gasteiger partial charge in [0.15, 0.2) is 24.1 Å². The minimum absolute atomic E-state index is 0.265. The third kappa shape index (κ3) is 5.73. The van der Waals surface area contributed by atoms with Gasteiger partial charge in [-0.05, 0) is 43.5 Å². The molecule has 0 saturated heterocycles. The highest BCUT2D eigenvalue weighted by molar-refractivity contribution is 5.94. The normalized spacial score (nSPS) is 10.6. The lowest BCUT2D eigenvalue weighted by Gasteiger charge is -2.22. The maximum absolute atomic E-state index is 13.7. The molecule has 0 fully saturated rings. The summed E-state index contributed by atoms with van der Waals surface area (Å²) in [5, 5.41) is 2.16. The number of nitrogens with zero attached hydrogens (tertiary/aromatic N) is 1. The number of carbonyl (C=O) groups is 2. The third-order valence-electron chi connectivity index (χ3n) is 4.24. The van der Waals surface area contributed by atoms with Crippen LogP contribution in [0.25, 0.3) is 0 Å². The minimum atomic E-state index is -1.67. The summed E-state index contributed by atoms with van der Waals surface area (Å²) in [6.45, 7) is 5.20. The number of benzene rings is 2. The molecule has 29 heavy (non-hydrogen) atoms. The quantitative estimate of drug-likeness (QED) is 0.673. The molecule has 0 saturated carbocycles. The van der Waals surface area contributed by atoms with E-state index in [0.29, 0.717) is 18.2 Å². The van der Waals surface area contributed by atoms with Crippen molar-refractivity contribution in [3.05, 3.63) is 58.9 Å². The smallest absolute Gasteiger partial charge is 0.260 e. The van der Waals surface area contributed by atoms with Crippen molar-refractivity contribution in [1.29, 1.82) is 0 Å². The van der Waals surface area contributed by atoms with Crippen LogP contribution >= 0.6 is 0 Å². The molecule has 0 aliphatic heterocycles. The zero-order valence-corrected chi connectivity index (χ0v) is 16.5. The van der Waals surface area contributed by atoms with Gasteiger partial charge in [-0.2, -0.15) is 0 Å². The van der Waals surface area contributed by atoms with Gasteiger partial charge < -0.3 is 15.0 Å². The first-order valence-electron chi connectivity index (χ1n) is 9.14. The van der Waals surface area contributed by atoms with Crippen LogP contribution in [0.15, 0.2) is 30.3 Å². The molecule has 0 heterocycles. The summed E-state index contributed by atoms with van der Waals surface area (Å²) in [4.78, 5) is 26.0. The molecule has 8 heteroatoms. The number of amides is 2. The van der Waals surface area contributed by atoms with Crippen LogP contribution in [-0.4, -0.2) is 36.4 Å². The Morgan fingerprint density at radius 3 is 2.31 bits per heavy atom. The first-order valence-corrected chi connectivity index (χ1v) is 9.14. The van der Waals surface area contributed by atoms with Gasteiger partial charge in [0.2, 0.25) is 5.91 Å². The van der Waals surface area contributed by atoms with E-state index in [9.17, 15) is 22.8 Å². The summed E-state index contributed by atoms with van der Waals surface area (Å²) in [5.41, 5.74) is 1.27. The second-order valence-electron chi connectivity index (χ2n) is 6.60. The highest BCUT2D eigenvalue weighted by Crippen LogP contribution is 2.22. The third-order valence-corrected chi connectivity index (χ3v) is 4.24. The van der Waals surface area contributed by atoms with Crippen molar-refractivity contribution in [3.63, 3.8) is 0 Å². The summed E-state index contributed by atoms with van der Waals surface area (Å²) in [6.07, 6.45) is 0.585. The van der Waals surface area contributed by atoms with Crippen LogP contribution in [0.5, 0.6) is 5.75 Å². The Labute approximate surface area is 167 Å². The van der Waals surface area contributed by atoms with Crippen LogP contribution in [0.3, 0.4) is 0 Å². The number of ether oxygens (including phenoxy) is 1. The summed E-state index contributed by atoms with van der Waals surface area (Å²) >= 11 is 0. The molecule has 5 nitrogen and oxygen atoms in total. The van der Waals surface area contributed by atoms with Crippen molar-refractivity contribution in [2.45, 2.75) is 27.2 Å². The molecule has 0 aliphatic rings. The molecule has 0 aliphatic carbocycles. The van der Waals surface area contributed by atoms with E-state index in [4.69, 9.17) is 4.74 Å². The van der Waals surface area contributed by atoms with Crippen molar-refractivity contribution in [3.8, 4) is 5.75 Å². The number of aryl methyl sites for hydroxylation is 2. The van der Waals surface area contributed by atoms with Gasteiger partial charge in [0.25, 0.3) is 5.91 Å². The van der Waals surface area contributed by atoms with E-state index in [-0.39, 0.29) is 19.7 Å². The Morgan fingerprint density at radius 2 is 1.69 bits per heavy atom. The number of nitrogens with one attached hydrogen (secondary N) is 1. The van der Waals surface area contributed by atoms with E-state index in [1.54, 1.807) is 0 Å². The molecule has 0 atom stereocenters. The van der Waals surface area contributed by atoms with Crippen molar-refractivity contribution in [2.24, 2.45) is 0 Å². The monoisotopic (exact) mass is 408 g/mol. The molecule has 0 unspecified atom stereocenters. The van der Waals surface area contributed by atoms with E-state index in [2.05, 4.69) is 5.32 Å². The van der Waals surface area contributed by atoms with Crippen molar-refractivity contribution in [2.75, 3.05) is 25.0 Å². The highest BCUT2D eigenvalue weighted by Gasteiger charge is 2.20. The minimum Gasteiger partial charge on any atom is -0.483 e. The Balaban J connectivity index is 2.02. The zero-order chi connectivity index (χ0) is 21.6. The van der Waals surface area contributed by atoms with Crippen molar-refractivity contribution < 1.29 is 27.5 Å². The molecule has 0 spiro atoms. The second kappa shape index (κ2) is 9.95. The number of hydrogen-bond acceptors (Lipinski definition) is 3. The first-order chi connectivity index (χ1) is 13.7. The number of hydrogen-bond donors (Lipinski definition) is 1. The topological polar surface area (TPSA) is 58.6 Å². The number of rotatable bonds is 8. The van der Waals surface area contributed by atoms with Gasteiger partial charge in [-0.3, -0.25) is 9.59 Å². The van der Waals surface area contributed by atoms with E-state index >= 15 is 0 Å². The van der Waals surface area contributed by atoms with Gasteiger partial charge in [0.05, 0.1) is 12.2 Å². The Morgan fingerprint density at radius 1 is 1.03 bits per heavy atom. The molecule has 2 rings (SSSR count). The van der Waals surface area contributed by atoms with Gasteiger partial charge in [-0.15, -0.1) is 0 Å². The Bertz CT molecular complexity index is 883. The summed E-state index contributed by atoms with van der Waals surface area (Å²) in [7, 11) is 0. The fraction of sp³-hybridized carbons (Fsp3) is 0.333. The van der Waals surface area contributed by atoms with Crippen LogP contribution in [0, 0.1) is 31.3 Å². The summed E-state index contributed by atoms with van der Waals surface area (Å²) in [5.74, 6) is -5.08. The van der Waals surface area contributed by atoms with Gasteiger partial charge in [-0.1, -0.05) is 25.1 Å². The van der Waals surface area contributed by atoms with E-state index in [0.717, 1.165) is 17.2 Å². The lowest BCUT2D eigenvalue weighted by atomic mass is 10.1. The van der Waals surface area contributed by atoms with E-state index in [1.807, 2.05) is 39.0 Å². The first kappa shape index (κ1) is 22.3. The van der Waals surface area contributed by atoms with Gasteiger partial charge in [-0.25, -0.2) is 13.2 Å². The molecule has 1 N–H and O–H groups in total. The second-order valence-corrected chi connectivity index (χ2v) is 6.60. The molecular weight excluding hydrogens is 385 g/mol. The highest BCUT2D eigenvalue weighted by atomic mass is 19.2.